The van der Waals surface area contributed by atoms with E-state index in [0.717, 1.165) is 11.9 Å². The molecule has 1 nitrogen and oxygen atoms in total. The molecule has 0 bridgehead atoms. The van der Waals surface area contributed by atoms with Crippen molar-refractivity contribution in [3.63, 3.8) is 0 Å². The topological polar surface area (TPSA) is 9.23 Å². The number of hydrogen-bond acceptors (Lipinski definition) is 2. The summed E-state index contributed by atoms with van der Waals surface area (Å²) in [5, 5.41) is 0.861. The van der Waals surface area contributed by atoms with E-state index in [4.69, 9.17) is 4.74 Å². The Labute approximate surface area is 66.5 Å². The number of thioether (sulfide) groups is 1. The van der Waals surface area contributed by atoms with Gasteiger partial charge in [-0.25, -0.2) is 0 Å². The van der Waals surface area contributed by atoms with E-state index >= 15 is 0 Å². The van der Waals surface area contributed by atoms with Gasteiger partial charge in [-0.2, -0.15) is 11.8 Å². The normalized spacial score (nSPS) is 40.8. The maximum Gasteiger partial charge on any atom is 0.0694 e. The summed E-state index contributed by atoms with van der Waals surface area (Å²) in [5.74, 6) is 1.37. The zero-order valence-electron chi connectivity index (χ0n) is 6.21. The van der Waals surface area contributed by atoms with Gasteiger partial charge in [0.25, 0.3) is 0 Å². The first-order valence-corrected chi connectivity index (χ1v) is 5.25. The van der Waals surface area contributed by atoms with E-state index in [1.807, 2.05) is 0 Å². The van der Waals surface area contributed by atoms with Gasteiger partial charge in [0, 0.05) is 11.9 Å². The van der Waals surface area contributed by atoms with Crippen molar-refractivity contribution in [3.05, 3.63) is 0 Å². The largest absolute Gasteiger partial charge is 0.377 e. The molecule has 0 aromatic carbocycles. The van der Waals surface area contributed by atoms with Gasteiger partial charge in [-0.3, -0.25) is 0 Å². The molecule has 1 saturated heterocycles. The third-order valence-electron chi connectivity index (χ3n) is 2.35. The fraction of sp³-hybridized carbons (Fsp3) is 1.00. The van der Waals surface area contributed by atoms with Crippen LogP contribution in [0.3, 0.4) is 0 Å². The standard InChI is InChI=1S/C8H14OS/c1-2-6-10-8-4-3-7(8)9-5-1/h7-8H,1-6H2. The number of fused-ring (bicyclic) bond motifs is 1. The summed E-state index contributed by atoms with van der Waals surface area (Å²) in [7, 11) is 0. The van der Waals surface area contributed by atoms with Crippen LogP contribution < -0.4 is 0 Å². The zero-order chi connectivity index (χ0) is 6.81. The molecule has 1 aliphatic heterocycles. The minimum absolute atomic E-state index is 0.630. The number of hydrogen-bond donors (Lipinski definition) is 0. The molecule has 0 spiro atoms. The Kier molecular flexibility index (Phi) is 2.19. The second-order valence-corrected chi connectivity index (χ2v) is 4.45. The molecule has 2 unspecified atom stereocenters. The van der Waals surface area contributed by atoms with Gasteiger partial charge in [0.2, 0.25) is 0 Å². The van der Waals surface area contributed by atoms with Crippen molar-refractivity contribution in [3.8, 4) is 0 Å². The zero-order valence-corrected chi connectivity index (χ0v) is 7.03. The number of ether oxygens (including phenoxy) is 1. The molecule has 0 amide bonds. The summed E-state index contributed by atoms with van der Waals surface area (Å²) in [5.41, 5.74) is 0. The fourth-order valence-electron chi connectivity index (χ4n) is 1.49. The Morgan fingerprint density at radius 3 is 3.00 bits per heavy atom. The van der Waals surface area contributed by atoms with E-state index in [1.54, 1.807) is 0 Å². The highest BCUT2D eigenvalue weighted by atomic mass is 32.2. The van der Waals surface area contributed by atoms with Crippen molar-refractivity contribution < 1.29 is 4.74 Å². The SMILES string of the molecule is C1CCSC2CCC2OC1. The Morgan fingerprint density at radius 1 is 1.20 bits per heavy atom. The smallest absolute Gasteiger partial charge is 0.0694 e. The van der Waals surface area contributed by atoms with Crippen molar-refractivity contribution in [2.24, 2.45) is 0 Å². The highest BCUT2D eigenvalue weighted by Crippen LogP contribution is 2.35. The molecule has 2 atom stereocenters. The molecule has 2 heteroatoms. The van der Waals surface area contributed by atoms with Gasteiger partial charge < -0.3 is 4.74 Å². The van der Waals surface area contributed by atoms with Crippen molar-refractivity contribution >= 4 is 11.8 Å². The van der Waals surface area contributed by atoms with E-state index in [2.05, 4.69) is 11.8 Å². The molecule has 0 aromatic heterocycles. The molecular formula is C8H14OS. The van der Waals surface area contributed by atoms with Crippen LogP contribution in [0.1, 0.15) is 25.7 Å². The van der Waals surface area contributed by atoms with Crippen LogP contribution in [-0.4, -0.2) is 23.7 Å². The highest BCUT2D eigenvalue weighted by molar-refractivity contribution is 8.00. The highest BCUT2D eigenvalue weighted by Gasteiger charge is 2.32. The molecular weight excluding hydrogens is 144 g/mol. The predicted molar refractivity (Wildman–Crippen MR) is 44.5 cm³/mol. The molecule has 0 N–H and O–H groups in total. The van der Waals surface area contributed by atoms with Gasteiger partial charge in [-0.15, -0.1) is 0 Å². The Bertz CT molecular complexity index is 102. The summed E-state index contributed by atoms with van der Waals surface area (Å²) >= 11 is 2.12. The molecule has 0 aromatic rings. The molecule has 2 fully saturated rings. The van der Waals surface area contributed by atoms with Crippen molar-refractivity contribution in [1.82, 2.24) is 0 Å². The summed E-state index contributed by atoms with van der Waals surface area (Å²) in [6.07, 6.45) is 5.97. The van der Waals surface area contributed by atoms with Gasteiger partial charge >= 0.3 is 0 Å². The van der Waals surface area contributed by atoms with Crippen molar-refractivity contribution in [2.45, 2.75) is 37.0 Å². The van der Waals surface area contributed by atoms with E-state index in [9.17, 15) is 0 Å². The molecule has 1 aliphatic carbocycles. The van der Waals surface area contributed by atoms with Gasteiger partial charge in [-0.1, -0.05) is 0 Å². The lowest BCUT2D eigenvalue weighted by atomic mass is 9.95. The van der Waals surface area contributed by atoms with Gasteiger partial charge in [0.05, 0.1) is 6.10 Å². The molecule has 1 heterocycles. The minimum Gasteiger partial charge on any atom is -0.377 e. The summed E-state index contributed by atoms with van der Waals surface area (Å²) in [6, 6.07) is 0. The van der Waals surface area contributed by atoms with Crippen LogP contribution >= 0.6 is 11.8 Å². The van der Waals surface area contributed by atoms with Crippen LogP contribution in [0.5, 0.6) is 0 Å². The van der Waals surface area contributed by atoms with Crippen LogP contribution in [0.15, 0.2) is 0 Å². The van der Waals surface area contributed by atoms with Crippen LogP contribution in [-0.2, 0) is 4.74 Å². The van der Waals surface area contributed by atoms with Gasteiger partial charge in [0.1, 0.15) is 0 Å². The fourth-order valence-corrected chi connectivity index (χ4v) is 2.90. The third-order valence-corrected chi connectivity index (χ3v) is 3.84. The molecule has 10 heavy (non-hydrogen) atoms. The monoisotopic (exact) mass is 158 g/mol. The lowest BCUT2D eigenvalue weighted by molar-refractivity contribution is 0.00527. The molecule has 58 valence electrons. The van der Waals surface area contributed by atoms with Crippen LogP contribution in [0.2, 0.25) is 0 Å². The van der Waals surface area contributed by atoms with E-state index in [1.165, 1.54) is 31.4 Å². The second kappa shape index (κ2) is 3.14. The first kappa shape index (κ1) is 6.99. The average Bonchev–Trinajstić information content (AvgIpc) is 1.89. The lowest BCUT2D eigenvalue weighted by Gasteiger charge is -2.37. The Balaban J connectivity index is 1.83. The van der Waals surface area contributed by atoms with Crippen LogP contribution in [0.4, 0.5) is 0 Å². The van der Waals surface area contributed by atoms with Crippen molar-refractivity contribution in [1.29, 1.82) is 0 Å². The van der Waals surface area contributed by atoms with Gasteiger partial charge in [0.15, 0.2) is 0 Å². The third kappa shape index (κ3) is 1.32. The van der Waals surface area contributed by atoms with Crippen LogP contribution in [0, 0.1) is 0 Å². The second-order valence-electron chi connectivity index (χ2n) is 3.10. The minimum atomic E-state index is 0.630. The predicted octanol–water partition coefficient (Wildman–Crippen LogP) is 2.06. The first-order valence-electron chi connectivity index (χ1n) is 4.20. The molecule has 1 saturated carbocycles. The van der Waals surface area contributed by atoms with Crippen molar-refractivity contribution in [2.75, 3.05) is 12.4 Å². The summed E-state index contributed by atoms with van der Waals surface area (Å²) in [4.78, 5) is 0. The lowest BCUT2D eigenvalue weighted by Crippen LogP contribution is -2.38. The quantitative estimate of drug-likeness (QED) is 0.533. The average molecular weight is 158 g/mol. The van der Waals surface area contributed by atoms with E-state index < -0.39 is 0 Å². The van der Waals surface area contributed by atoms with Gasteiger partial charge in [-0.05, 0) is 31.4 Å². The Morgan fingerprint density at radius 2 is 2.20 bits per heavy atom. The first-order chi connectivity index (χ1) is 4.97. The van der Waals surface area contributed by atoms with E-state index in [-0.39, 0.29) is 0 Å². The summed E-state index contributed by atoms with van der Waals surface area (Å²) < 4.78 is 5.66. The van der Waals surface area contributed by atoms with Crippen LogP contribution in [0.25, 0.3) is 0 Å². The molecule has 2 aliphatic rings. The van der Waals surface area contributed by atoms with E-state index in [0.29, 0.717) is 6.10 Å². The number of rotatable bonds is 0. The maximum absolute atomic E-state index is 5.66. The molecule has 0 radical (unpaired) electrons. The summed E-state index contributed by atoms with van der Waals surface area (Å²) in [6.45, 7) is 1.02. The maximum atomic E-state index is 5.66. The Hall–Kier alpha value is 0.310. The molecule has 2 rings (SSSR count).